The van der Waals surface area contributed by atoms with Gasteiger partial charge in [-0.1, -0.05) is 39.2 Å². The first-order chi connectivity index (χ1) is 19.6. The van der Waals surface area contributed by atoms with Crippen molar-refractivity contribution in [3.05, 3.63) is 24.3 Å². The van der Waals surface area contributed by atoms with Gasteiger partial charge in [0.2, 0.25) is 23.6 Å². The number of amides is 5. The fourth-order valence-corrected chi connectivity index (χ4v) is 3.94. The van der Waals surface area contributed by atoms with Gasteiger partial charge in [0.25, 0.3) is 5.91 Å². The second-order valence-corrected chi connectivity index (χ2v) is 9.86. The van der Waals surface area contributed by atoms with Gasteiger partial charge in [0.1, 0.15) is 17.8 Å². The van der Waals surface area contributed by atoms with Crippen molar-refractivity contribution in [2.45, 2.75) is 90.6 Å². The summed E-state index contributed by atoms with van der Waals surface area (Å²) < 4.78 is 5.57. The SMILES string of the molecule is CCCCCCNC(=O)CC[C@@H](NC(=O)[C@H](C)NC(=O)COc1cccc(N(CCCO)C(=O)CCC)c1)C(N)=O. The van der Waals surface area contributed by atoms with E-state index in [1.54, 1.807) is 29.2 Å². The van der Waals surface area contributed by atoms with Crippen LogP contribution in [0.3, 0.4) is 0 Å². The number of carbonyl (C=O) groups excluding carboxylic acids is 5. The Morgan fingerprint density at radius 2 is 1.73 bits per heavy atom. The molecule has 0 aliphatic heterocycles. The summed E-state index contributed by atoms with van der Waals surface area (Å²) in [7, 11) is 0. The Kier molecular flexibility index (Phi) is 17.5. The van der Waals surface area contributed by atoms with Crippen molar-refractivity contribution < 1.29 is 33.8 Å². The van der Waals surface area contributed by atoms with Gasteiger partial charge in [-0.3, -0.25) is 24.0 Å². The highest BCUT2D eigenvalue weighted by Crippen LogP contribution is 2.22. The van der Waals surface area contributed by atoms with Crippen LogP contribution >= 0.6 is 0 Å². The number of rotatable bonds is 21. The minimum atomic E-state index is -1.06. The topological polar surface area (TPSA) is 180 Å². The molecule has 12 nitrogen and oxygen atoms in total. The number of nitrogens with one attached hydrogen (secondary N) is 3. The van der Waals surface area contributed by atoms with Crippen LogP contribution in [0, 0.1) is 0 Å². The number of nitrogens with zero attached hydrogens (tertiary/aromatic N) is 1. The van der Waals surface area contributed by atoms with Crippen molar-refractivity contribution in [3.8, 4) is 5.75 Å². The quantitative estimate of drug-likeness (QED) is 0.137. The molecule has 1 rings (SSSR count). The average Bonchev–Trinajstić information content (AvgIpc) is 2.94. The molecule has 1 aromatic carbocycles. The molecule has 0 heterocycles. The Morgan fingerprint density at radius 1 is 0.976 bits per heavy atom. The molecule has 12 heteroatoms. The highest BCUT2D eigenvalue weighted by atomic mass is 16.5. The normalized spacial score (nSPS) is 12.1. The van der Waals surface area contributed by atoms with Crippen LogP contribution in [0.4, 0.5) is 5.69 Å². The molecular formula is C29H47N5O7. The molecule has 0 fully saturated rings. The molecule has 6 N–H and O–H groups in total. The fraction of sp³-hybridized carbons (Fsp3) is 0.621. The van der Waals surface area contributed by atoms with Crippen LogP contribution in [-0.2, 0) is 24.0 Å². The van der Waals surface area contributed by atoms with Crippen molar-refractivity contribution in [1.82, 2.24) is 16.0 Å². The van der Waals surface area contributed by atoms with Gasteiger partial charge in [-0.25, -0.2) is 0 Å². The molecule has 230 valence electrons. The number of nitrogens with two attached hydrogens (primary N) is 1. The lowest BCUT2D eigenvalue weighted by molar-refractivity contribution is -0.131. The van der Waals surface area contributed by atoms with Gasteiger partial charge in [-0.05, 0) is 44.7 Å². The molecule has 41 heavy (non-hydrogen) atoms. The van der Waals surface area contributed by atoms with Crippen molar-refractivity contribution in [2.24, 2.45) is 5.73 Å². The molecule has 5 amide bonds. The second-order valence-electron chi connectivity index (χ2n) is 9.86. The Hall–Kier alpha value is -3.67. The van der Waals surface area contributed by atoms with E-state index in [-0.39, 0.29) is 31.3 Å². The van der Waals surface area contributed by atoms with E-state index < -0.39 is 36.4 Å². The van der Waals surface area contributed by atoms with E-state index in [0.29, 0.717) is 43.8 Å². The second kappa shape index (κ2) is 20.2. The summed E-state index contributed by atoms with van der Waals surface area (Å²) in [5.74, 6) is -1.93. The van der Waals surface area contributed by atoms with Crippen LogP contribution in [0.15, 0.2) is 24.3 Å². The van der Waals surface area contributed by atoms with E-state index in [4.69, 9.17) is 10.5 Å². The van der Waals surface area contributed by atoms with Gasteiger partial charge in [0.05, 0.1) is 0 Å². The Morgan fingerprint density at radius 3 is 2.39 bits per heavy atom. The van der Waals surface area contributed by atoms with Crippen LogP contribution in [-0.4, -0.2) is 73.0 Å². The van der Waals surface area contributed by atoms with E-state index in [0.717, 1.165) is 25.7 Å². The lowest BCUT2D eigenvalue weighted by atomic mass is 10.1. The zero-order valence-electron chi connectivity index (χ0n) is 24.6. The number of hydrogen-bond acceptors (Lipinski definition) is 7. The van der Waals surface area contributed by atoms with Crippen molar-refractivity contribution >= 4 is 35.2 Å². The average molecular weight is 578 g/mol. The number of hydrogen-bond donors (Lipinski definition) is 5. The maximum absolute atomic E-state index is 12.6. The lowest BCUT2D eigenvalue weighted by Crippen LogP contribution is -2.52. The smallest absolute Gasteiger partial charge is 0.258 e. The van der Waals surface area contributed by atoms with Crippen molar-refractivity contribution in [3.63, 3.8) is 0 Å². The van der Waals surface area contributed by atoms with E-state index in [1.807, 2.05) is 6.92 Å². The van der Waals surface area contributed by atoms with Gasteiger partial charge in [0.15, 0.2) is 6.61 Å². The fourth-order valence-electron chi connectivity index (χ4n) is 3.94. The standard InChI is InChI=1S/C29H47N5O7/c1-4-6-7-8-16-31-25(36)15-14-24(28(30)39)33-29(40)21(3)32-26(37)20-41-23-13-9-12-22(19-23)34(17-10-18-35)27(38)11-5-2/h9,12-13,19,21,24,35H,4-8,10-11,14-18,20H2,1-3H3,(H2,30,39)(H,31,36)(H,32,37)(H,33,40)/t21-,24+/m0/s1. The summed E-state index contributed by atoms with van der Waals surface area (Å²) in [6, 6.07) is 4.66. The highest BCUT2D eigenvalue weighted by Gasteiger charge is 2.23. The van der Waals surface area contributed by atoms with E-state index >= 15 is 0 Å². The van der Waals surface area contributed by atoms with E-state index in [2.05, 4.69) is 22.9 Å². The number of primary amides is 1. The first kappa shape index (κ1) is 35.4. The van der Waals surface area contributed by atoms with Crippen LogP contribution in [0.2, 0.25) is 0 Å². The van der Waals surface area contributed by atoms with E-state index in [9.17, 15) is 29.1 Å². The molecule has 0 radical (unpaired) electrons. The first-order valence-electron chi connectivity index (χ1n) is 14.4. The summed E-state index contributed by atoms with van der Waals surface area (Å²) in [6.07, 6.45) is 5.65. The maximum atomic E-state index is 12.6. The Balaban J connectivity index is 2.58. The molecule has 0 aromatic heterocycles. The summed E-state index contributed by atoms with van der Waals surface area (Å²) in [5, 5.41) is 17.0. The monoisotopic (exact) mass is 577 g/mol. The predicted molar refractivity (Wildman–Crippen MR) is 156 cm³/mol. The third-order valence-corrected chi connectivity index (χ3v) is 6.25. The number of benzene rings is 1. The molecule has 0 spiro atoms. The minimum Gasteiger partial charge on any atom is -0.484 e. The zero-order valence-corrected chi connectivity index (χ0v) is 24.6. The number of aliphatic hydroxyl groups excluding tert-OH is 1. The molecule has 0 aliphatic rings. The molecule has 0 aliphatic carbocycles. The zero-order chi connectivity index (χ0) is 30.6. The largest absolute Gasteiger partial charge is 0.484 e. The van der Waals surface area contributed by atoms with Crippen LogP contribution in [0.5, 0.6) is 5.75 Å². The minimum absolute atomic E-state index is 0.0246. The molecule has 0 bridgehead atoms. The lowest BCUT2D eigenvalue weighted by Gasteiger charge is -2.23. The number of carbonyl (C=O) groups is 5. The summed E-state index contributed by atoms with van der Waals surface area (Å²) in [6.45, 7) is 5.93. The molecule has 1 aromatic rings. The Labute approximate surface area is 242 Å². The maximum Gasteiger partial charge on any atom is 0.258 e. The van der Waals surface area contributed by atoms with Crippen molar-refractivity contribution in [1.29, 1.82) is 0 Å². The molecular weight excluding hydrogens is 530 g/mol. The summed E-state index contributed by atoms with van der Waals surface area (Å²) >= 11 is 0. The van der Waals surface area contributed by atoms with Crippen LogP contribution in [0.1, 0.15) is 78.6 Å². The third-order valence-electron chi connectivity index (χ3n) is 6.25. The van der Waals surface area contributed by atoms with Crippen LogP contribution in [0.25, 0.3) is 0 Å². The van der Waals surface area contributed by atoms with Gasteiger partial charge < -0.3 is 36.4 Å². The number of unbranched alkanes of at least 4 members (excludes halogenated alkanes) is 3. The van der Waals surface area contributed by atoms with Gasteiger partial charge in [-0.2, -0.15) is 0 Å². The molecule has 2 atom stereocenters. The predicted octanol–water partition coefficient (Wildman–Crippen LogP) is 1.53. The third kappa shape index (κ3) is 14.5. The first-order valence-corrected chi connectivity index (χ1v) is 14.4. The molecule has 0 saturated heterocycles. The molecule has 0 saturated carbocycles. The number of anilines is 1. The molecule has 0 unspecified atom stereocenters. The Bertz CT molecular complexity index is 988. The van der Waals surface area contributed by atoms with Crippen LogP contribution < -0.4 is 31.3 Å². The number of aliphatic hydroxyl groups is 1. The van der Waals surface area contributed by atoms with Gasteiger partial charge in [0, 0.05) is 44.3 Å². The van der Waals surface area contributed by atoms with E-state index in [1.165, 1.54) is 6.92 Å². The summed E-state index contributed by atoms with van der Waals surface area (Å²) in [4.78, 5) is 63.0. The highest BCUT2D eigenvalue weighted by molar-refractivity contribution is 5.94. The van der Waals surface area contributed by atoms with Gasteiger partial charge >= 0.3 is 0 Å². The van der Waals surface area contributed by atoms with Gasteiger partial charge in [-0.15, -0.1) is 0 Å². The summed E-state index contributed by atoms with van der Waals surface area (Å²) in [5.41, 5.74) is 5.99. The van der Waals surface area contributed by atoms with Crippen molar-refractivity contribution in [2.75, 3.05) is 31.2 Å². The number of ether oxygens (including phenoxy) is 1.